The number of nitriles is 1. The molecule has 0 radical (unpaired) electrons. The molecule has 3 rings (SSSR count). The van der Waals surface area contributed by atoms with Gasteiger partial charge >= 0.3 is 0 Å². The summed E-state index contributed by atoms with van der Waals surface area (Å²) in [4.78, 5) is 17.6. The third-order valence-corrected chi connectivity index (χ3v) is 6.04. The van der Waals surface area contributed by atoms with Gasteiger partial charge in [0, 0.05) is 11.4 Å². The van der Waals surface area contributed by atoms with Gasteiger partial charge in [-0.05, 0) is 67.3 Å². The molecule has 6 heteroatoms. The molecule has 1 amide bonds. The lowest BCUT2D eigenvalue weighted by Gasteiger charge is -2.16. The number of hydrogen-bond donors (Lipinski definition) is 1. The zero-order valence-corrected chi connectivity index (χ0v) is 19.4. The molecule has 0 aliphatic carbocycles. The summed E-state index contributed by atoms with van der Waals surface area (Å²) >= 11 is 1.34. The topological polar surface area (TPSA) is 75.0 Å². The fourth-order valence-corrected chi connectivity index (χ4v) is 4.11. The second-order valence-corrected chi connectivity index (χ2v) is 9.00. The summed E-state index contributed by atoms with van der Waals surface area (Å²) in [6.07, 6.45) is 1.45. The fraction of sp³-hybridized carbons (Fsp3) is 0.269. The molecular weight excluding hydrogens is 418 g/mol. The lowest BCUT2D eigenvalue weighted by molar-refractivity contribution is -0.115. The van der Waals surface area contributed by atoms with Gasteiger partial charge in [0.1, 0.15) is 22.6 Å². The number of aromatic nitrogens is 1. The van der Waals surface area contributed by atoms with Gasteiger partial charge in [0.25, 0.3) is 0 Å². The van der Waals surface area contributed by atoms with E-state index in [-0.39, 0.29) is 11.2 Å². The third kappa shape index (κ3) is 6.60. The summed E-state index contributed by atoms with van der Waals surface area (Å²) in [5.41, 5.74) is 2.12. The molecule has 0 bridgehead atoms. The van der Waals surface area contributed by atoms with Crippen LogP contribution in [0.2, 0.25) is 0 Å². The Bertz CT molecular complexity index is 1080. The van der Waals surface area contributed by atoms with E-state index in [1.807, 2.05) is 67.6 Å². The molecule has 1 aromatic heterocycles. The van der Waals surface area contributed by atoms with Crippen molar-refractivity contribution in [3.8, 4) is 17.6 Å². The predicted molar refractivity (Wildman–Crippen MR) is 129 cm³/mol. The van der Waals surface area contributed by atoms with E-state index in [1.54, 1.807) is 6.07 Å². The van der Waals surface area contributed by atoms with Crippen LogP contribution in [0, 0.1) is 17.2 Å². The van der Waals surface area contributed by atoms with Gasteiger partial charge in [-0.3, -0.25) is 4.79 Å². The van der Waals surface area contributed by atoms with Crippen LogP contribution in [-0.4, -0.2) is 16.1 Å². The zero-order chi connectivity index (χ0) is 22.9. The van der Waals surface area contributed by atoms with Gasteiger partial charge in [-0.1, -0.05) is 50.7 Å². The highest BCUT2D eigenvalue weighted by Gasteiger charge is 2.21. The van der Waals surface area contributed by atoms with Crippen LogP contribution in [0.25, 0.3) is 0 Å². The number of rotatable bonds is 9. The summed E-state index contributed by atoms with van der Waals surface area (Å²) in [5.74, 6) is 1.80. The SMILES string of the molecule is CCC(Sc1nc(CC(C)C)ccc1C#N)C(=O)Nc1ccc(Oc2ccccc2)cc1. The highest BCUT2D eigenvalue weighted by Crippen LogP contribution is 2.29. The first-order valence-corrected chi connectivity index (χ1v) is 11.6. The maximum Gasteiger partial charge on any atom is 0.237 e. The van der Waals surface area contributed by atoms with Gasteiger partial charge in [-0.15, -0.1) is 0 Å². The smallest absolute Gasteiger partial charge is 0.237 e. The number of nitrogens with zero attached hydrogens (tertiary/aromatic N) is 2. The number of para-hydroxylation sites is 1. The van der Waals surface area contributed by atoms with Crippen LogP contribution in [0.3, 0.4) is 0 Å². The molecule has 1 unspecified atom stereocenters. The largest absolute Gasteiger partial charge is 0.457 e. The molecule has 2 aromatic carbocycles. The highest BCUT2D eigenvalue weighted by atomic mass is 32.2. The molecule has 1 heterocycles. The lowest BCUT2D eigenvalue weighted by atomic mass is 10.1. The number of thioether (sulfide) groups is 1. The van der Waals surface area contributed by atoms with E-state index >= 15 is 0 Å². The Labute approximate surface area is 193 Å². The van der Waals surface area contributed by atoms with Crippen molar-refractivity contribution in [2.75, 3.05) is 5.32 Å². The Balaban J connectivity index is 1.67. The Morgan fingerprint density at radius 1 is 1.06 bits per heavy atom. The summed E-state index contributed by atoms with van der Waals surface area (Å²) in [6, 6.07) is 22.7. The van der Waals surface area contributed by atoms with Crippen LogP contribution in [0.4, 0.5) is 5.69 Å². The van der Waals surface area contributed by atoms with Crippen molar-refractivity contribution < 1.29 is 9.53 Å². The predicted octanol–water partition coefficient (Wildman–Crippen LogP) is 6.45. The van der Waals surface area contributed by atoms with E-state index in [1.165, 1.54) is 11.8 Å². The number of hydrogen-bond acceptors (Lipinski definition) is 5. The molecule has 1 N–H and O–H groups in total. The maximum absolute atomic E-state index is 12.9. The minimum atomic E-state index is -0.357. The number of carbonyl (C=O) groups excluding carboxylic acids is 1. The summed E-state index contributed by atoms with van der Waals surface area (Å²) < 4.78 is 5.79. The molecule has 5 nitrogen and oxygen atoms in total. The van der Waals surface area contributed by atoms with Gasteiger partial charge in [-0.25, -0.2) is 4.98 Å². The van der Waals surface area contributed by atoms with Crippen molar-refractivity contribution in [1.29, 1.82) is 5.26 Å². The number of benzene rings is 2. The zero-order valence-electron chi connectivity index (χ0n) is 18.5. The molecule has 0 spiro atoms. The van der Waals surface area contributed by atoms with Crippen molar-refractivity contribution in [1.82, 2.24) is 4.98 Å². The van der Waals surface area contributed by atoms with Crippen molar-refractivity contribution in [2.24, 2.45) is 5.92 Å². The molecule has 3 aromatic rings. The Morgan fingerprint density at radius 2 is 1.75 bits per heavy atom. The van der Waals surface area contributed by atoms with Crippen molar-refractivity contribution >= 4 is 23.4 Å². The first kappa shape index (κ1) is 23.4. The molecule has 1 atom stereocenters. The number of anilines is 1. The van der Waals surface area contributed by atoms with E-state index in [0.29, 0.717) is 34.4 Å². The molecule has 0 saturated carbocycles. The van der Waals surface area contributed by atoms with Crippen LogP contribution in [0.5, 0.6) is 11.5 Å². The monoisotopic (exact) mass is 445 g/mol. The van der Waals surface area contributed by atoms with Gasteiger partial charge in [0.05, 0.1) is 10.8 Å². The van der Waals surface area contributed by atoms with E-state index in [2.05, 4.69) is 30.2 Å². The van der Waals surface area contributed by atoms with Gasteiger partial charge < -0.3 is 10.1 Å². The second-order valence-electron chi connectivity index (χ2n) is 7.81. The standard InChI is InChI=1S/C26H27N3O2S/c1-4-24(32-26-19(17-27)10-11-21(29-26)16-18(2)3)25(30)28-20-12-14-23(15-13-20)31-22-8-6-5-7-9-22/h5-15,18,24H,4,16H2,1-3H3,(H,28,30). The van der Waals surface area contributed by atoms with E-state index in [0.717, 1.165) is 17.9 Å². The molecular formula is C26H27N3O2S. The van der Waals surface area contributed by atoms with E-state index < -0.39 is 0 Å². The summed E-state index contributed by atoms with van der Waals surface area (Å²) in [5, 5.41) is 12.7. The number of pyridine rings is 1. The lowest BCUT2D eigenvalue weighted by Crippen LogP contribution is -2.24. The molecule has 0 fully saturated rings. The molecule has 0 saturated heterocycles. The third-order valence-electron chi connectivity index (χ3n) is 4.67. The van der Waals surface area contributed by atoms with Crippen LogP contribution < -0.4 is 10.1 Å². The van der Waals surface area contributed by atoms with Crippen LogP contribution >= 0.6 is 11.8 Å². The molecule has 32 heavy (non-hydrogen) atoms. The normalized spacial score (nSPS) is 11.6. The molecule has 164 valence electrons. The summed E-state index contributed by atoms with van der Waals surface area (Å²) in [7, 11) is 0. The second kappa shape index (κ2) is 11.4. The maximum atomic E-state index is 12.9. The minimum Gasteiger partial charge on any atom is -0.457 e. The Kier molecular flexibility index (Phi) is 8.29. The quantitative estimate of drug-likeness (QED) is 0.383. The fourth-order valence-electron chi connectivity index (χ4n) is 3.10. The number of ether oxygens (including phenoxy) is 1. The van der Waals surface area contributed by atoms with E-state index in [9.17, 15) is 10.1 Å². The summed E-state index contributed by atoms with van der Waals surface area (Å²) in [6.45, 7) is 6.22. The first-order chi connectivity index (χ1) is 15.5. The average molecular weight is 446 g/mol. The number of amides is 1. The van der Waals surface area contributed by atoms with Crippen molar-refractivity contribution in [2.45, 2.75) is 43.9 Å². The Morgan fingerprint density at radius 3 is 2.38 bits per heavy atom. The highest BCUT2D eigenvalue weighted by molar-refractivity contribution is 8.00. The van der Waals surface area contributed by atoms with Crippen LogP contribution in [-0.2, 0) is 11.2 Å². The van der Waals surface area contributed by atoms with Gasteiger partial charge in [-0.2, -0.15) is 5.26 Å². The van der Waals surface area contributed by atoms with E-state index in [4.69, 9.17) is 4.74 Å². The van der Waals surface area contributed by atoms with Crippen LogP contribution in [0.15, 0.2) is 71.8 Å². The van der Waals surface area contributed by atoms with Crippen LogP contribution in [0.1, 0.15) is 38.4 Å². The Hall–Kier alpha value is -3.30. The van der Waals surface area contributed by atoms with Crippen molar-refractivity contribution in [3.63, 3.8) is 0 Å². The number of carbonyl (C=O) groups is 1. The minimum absolute atomic E-state index is 0.116. The average Bonchev–Trinajstić information content (AvgIpc) is 2.79. The molecule has 0 aliphatic heterocycles. The number of nitrogens with one attached hydrogen (secondary N) is 1. The van der Waals surface area contributed by atoms with Gasteiger partial charge in [0.2, 0.25) is 5.91 Å². The first-order valence-electron chi connectivity index (χ1n) is 10.7. The van der Waals surface area contributed by atoms with Gasteiger partial charge in [0.15, 0.2) is 0 Å². The van der Waals surface area contributed by atoms with Crippen molar-refractivity contribution in [3.05, 3.63) is 78.0 Å². The molecule has 0 aliphatic rings.